The first-order chi connectivity index (χ1) is 7.13. The third-order valence-electron chi connectivity index (χ3n) is 2.28. The van der Waals surface area contributed by atoms with Gasteiger partial charge < -0.3 is 16.0 Å². The van der Waals surface area contributed by atoms with Gasteiger partial charge in [-0.25, -0.2) is 4.98 Å². The SMILES string of the molecule is CCC(N)CC(=O)NC(C)c1ncc[nH]1. The Labute approximate surface area is 89.5 Å². The predicted octanol–water partition coefficient (Wildman–Crippen LogP) is 0.714. The molecular formula is C10H18N4O. The van der Waals surface area contributed by atoms with Crippen LogP contribution in [0.3, 0.4) is 0 Å². The Hall–Kier alpha value is -1.36. The van der Waals surface area contributed by atoms with Crippen molar-refractivity contribution in [2.75, 3.05) is 0 Å². The number of aromatic nitrogens is 2. The van der Waals surface area contributed by atoms with Gasteiger partial charge in [-0.2, -0.15) is 0 Å². The van der Waals surface area contributed by atoms with Crippen molar-refractivity contribution in [2.45, 2.75) is 38.8 Å². The number of hydrogen-bond donors (Lipinski definition) is 3. The van der Waals surface area contributed by atoms with E-state index in [-0.39, 0.29) is 18.0 Å². The first kappa shape index (κ1) is 11.7. The maximum Gasteiger partial charge on any atom is 0.222 e. The molecule has 0 aromatic carbocycles. The van der Waals surface area contributed by atoms with Gasteiger partial charge in [-0.1, -0.05) is 6.92 Å². The normalized spacial score (nSPS) is 14.6. The second kappa shape index (κ2) is 5.50. The molecule has 2 atom stereocenters. The van der Waals surface area contributed by atoms with Crippen LogP contribution in [0.1, 0.15) is 38.6 Å². The number of amides is 1. The molecule has 2 unspecified atom stereocenters. The summed E-state index contributed by atoms with van der Waals surface area (Å²) in [6.45, 7) is 3.85. The maximum atomic E-state index is 11.5. The second-order valence-corrected chi connectivity index (χ2v) is 3.64. The second-order valence-electron chi connectivity index (χ2n) is 3.64. The largest absolute Gasteiger partial charge is 0.347 e. The summed E-state index contributed by atoms with van der Waals surface area (Å²) in [5.41, 5.74) is 5.68. The van der Waals surface area contributed by atoms with Crippen LogP contribution in [-0.2, 0) is 4.79 Å². The van der Waals surface area contributed by atoms with Crippen LogP contribution in [-0.4, -0.2) is 21.9 Å². The van der Waals surface area contributed by atoms with Gasteiger partial charge in [0.25, 0.3) is 0 Å². The molecule has 0 radical (unpaired) electrons. The van der Waals surface area contributed by atoms with Crippen LogP contribution in [0, 0.1) is 0 Å². The van der Waals surface area contributed by atoms with Crippen molar-refractivity contribution in [2.24, 2.45) is 5.73 Å². The number of nitrogens with one attached hydrogen (secondary N) is 2. The van der Waals surface area contributed by atoms with Crippen LogP contribution in [0.4, 0.5) is 0 Å². The number of carbonyl (C=O) groups is 1. The third-order valence-corrected chi connectivity index (χ3v) is 2.28. The molecule has 5 heteroatoms. The molecule has 1 aromatic heterocycles. The van der Waals surface area contributed by atoms with E-state index >= 15 is 0 Å². The summed E-state index contributed by atoms with van der Waals surface area (Å²) in [6.07, 6.45) is 4.57. The average molecular weight is 210 g/mol. The van der Waals surface area contributed by atoms with E-state index in [0.29, 0.717) is 6.42 Å². The van der Waals surface area contributed by atoms with Crippen molar-refractivity contribution in [1.29, 1.82) is 0 Å². The molecule has 0 fully saturated rings. The predicted molar refractivity (Wildman–Crippen MR) is 58.0 cm³/mol. The Bertz CT molecular complexity index is 296. The molecule has 1 heterocycles. The topological polar surface area (TPSA) is 83.8 Å². The number of nitrogens with zero attached hydrogens (tertiary/aromatic N) is 1. The summed E-state index contributed by atoms with van der Waals surface area (Å²) in [4.78, 5) is 18.5. The van der Waals surface area contributed by atoms with Crippen LogP contribution in [0.2, 0.25) is 0 Å². The van der Waals surface area contributed by atoms with E-state index < -0.39 is 0 Å². The fourth-order valence-electron chi connectivity index (χ4n) is 1.27. The monoisotopic (exact) mass is 210 g/mol. The van der Waals surface area contributed by atoms with Crippen LogP contribution < -0.4 is 11.1 Å². The highest BCUT2D eigenvalue weighted by molar-refractivity contribution is 5.76. The summed E-state index contributed by atoms with van der Waals surface area (Å²) in [7, 11) is 0. The zero-order valence-corrected chi connectivity index (χ0v) is 9.16. The number of carbonyl (C=O) groups excluding carboxylic acids is 1. The van der Waals surface area contributed by atoms with Gasteiger partial charge in [-0.05, 0) is 13.3 Å². The summed E-state index contributed by atoms with van der Waals surface area (Å²) in [5.74, 6) is 0.724. The summed E-state index contributed by atoms with van der Waals surface area (Å²) >= 11 is 0. The lowest BCUT2D eigenvalue weighted by Crippen LogP contribution is -2.33. The Morgan fingerprint density at radius 1 is 1.73 bits per heavy atom. The van der Waals surface area contributed by atoms with E-state index in [1.54, 1.807) is 12.4 Å². The molecule has 15 heavy (non-hydrogen) atoms. The van der Waals surface area contributed by atoms with Crippen molar-refractivity contribution in [3.63, 3.8) is 0 Å². The number of rotatable bonds is 5. The molecule has 0 aliphatic heterocycles. The minimum absolute atomic E-state index is 0.0340. The number of hydrogen-bond acceptors (Lipinski definition) is 3. The van der Waals surface area contributed by atoms with Crippen LogP contribution in [0.25, 0.3) is 0 Å². The molecule has 84 valence electrons. The molecule has 0 bridgehead atoms. The number of imidazole rings is 1. The molecule has 1 aromatic rings. The standard InChI is InChI=1S/C10H18N4O/c1-3-8(11)6-9(15)14-7(2)10-12-4-5-13-10/h4-5,7-8H,3,6,11H2,1-2H3,(H,12,13)(H,14,15). The molecule has 0 aliphatic rings. The van der Waals surface area contributed by atoms with Gasteiger partial charge in [-0.15, -0.1) is 0 Å². The van der Waals surface area contributed by atoms with E-state index in [0.717, 1.165) is 12.2 Å². The van der Waals surface area contributed by atoms with E-state index in [1.165, 1.54) is 0 Å². The fraction of sp³-hybridized carbons (Fsp3) is 0.600. The highest BCUT2D eigenvalue weighted by Crippen LogP contribution is 2.05. The molecule has 0 spiro atoms. The quantitative estimate of drug-likeness (QED) is 0.669. The lowest BCUT2D eigenvalue weighted by Gasteiger charge is -2.13. The van der Waals surface area contributed by atoms with Gasteiger partial charge in [0.15, 0.2) is 0 Å². The molecule has 4 N–H and O–H groups in total. The molecule has 0 saturated heterocycles. The van der Waals surface area contributed by atoms with Crippen molar-refractivity contribution < 1.29 is 4.79 Å². The van der Waals surface area contributed by atoms with Gasteiger partial charge in [-0.3, -0.25) is 4.79 Å². The van der Waals surface area contributed by atoms with E-state index in [9.17, 15) is 4.79 Å². The van der Waals surface area contributed by atoms with Gasteiger partial charge in [0, 0.05) is 24.9 Å². The Balaban J connectivity index is 2.38. The summed E-state index contributed by atoms with van der Waals surface area (Å²) in [5, 5.41) is 2.83. The highest BCUT2D eigenvalue weighted by Gasteiger charge is 2.13. The summed E-state index contributed by atoms with van der Waals surface area (Å²) in [6, 6.07) is -0.162. The van der Waals surface area contributed by atoms with Crippen LogP contribution >= 0.6 is 0 Å². The van der Waals surface area contributed by atoms with E-state index in [1.807, 2.05) is 13.8 Å². The first-order valence-electron chi connectivity index (χ1n) is 5.17. The Morgan fingerprint density at radius 2 is 2.47 bits per heavy atom. The molecule has 0 aliphatic carbocycles. The zero-order valence-electron chi connectivity index (χ0n) is 9.16. The van der Waals surface area contributed by atoms with Gasteiger partial charge in [0.05, 0.1) is 6.04 Å². The average Bonchev–Trinajstić information content (AvgIpc) is 2.70. The van der Waals surface area contributed by atoms with E-state index in [2.05, 4.69) is 15.3 Å². The minimum atomic E-state index is -0.100. The van der Waals surface area contributed by atoms with Crippen molar-refractivity contribution >= 4 is 5.91 Å². The molecule has 5 nitrogen and oxygen atoms in total. The van der Waals surface area contributed by atoms with Gasteiger partial charge >= 0.3 is 0 Å². The lowest BCUT2D eigenvalue weighted by molar-refractivity contribution is -0.122. The number of nitrogens with two attached hydrogens (primary N) is 1. The van der Waals surface area contributed by atoms with Crippen molar-refractivity contribution in [3.05, 3.63) is 18.2 Å². The Morgan fingerprint density at radius 3 is 3.00 bits per heavy atom. The minimum Gasteiger partial charge on any atom is -0.347 e. The van der Waals surface area contributed by atoms with Gasteiger partial charge in [0.1, 0.15) is 5.82 Å². The smallest absolute Gasteiger partial charge is 0.222 e. The third kappa shape index (κ3) is 3.71. The molecule has 1 rings (SSSR count). The maximum absolute atomic E-state index is 11.5. The molecular weight excluding hydrogens is 192 g/mol. The van der Waals surface area contributed by atoms with Crippen LogP contribution in [0.5, 0.6) is 0 Å². The lowest BCUT2D eigenvalue weighted by atomic mass is 10.1. The summed E-state index contributed by atoms with van der Waals surface area (Å²) < 4.78 is 0. The molecule has 0 saturated carbocycles. The van der Waals surface area contributed by atoms with Crippen LogP contribution in [0.15, 0.2) is 12.4 Å². The van der Waals surface area contributed by atoms with Gasteiger partial charge in [0.2, 0.25) is 5.91 Å². The first-order valence-corrected chi connectivity index (χ1v) is 5.17. The number of aromatic amines is 1. The number of H-pyrrole nitrogens is 1. The van der Waals surface area contributed by atoms with Crippen molar-refractivity contribution in [1.82, 2.24) is 15.3 Å². The molecule has 1 amide bonds. The van der Waals surface area contributed by atoms with E-state index in [4.69, 9.17) is 5.73 Å². The van der Waals surface area contributed by atoms with Crippen molar-refractivity contribution in [3.8, 4) is 0 Å². The fourth-order valence-corrected chi connectivity index (χ4v) is 1.27. The Kier molecular flexibility index (Phi) is 4.30. The zero-order chi connectivity index (χ0) is 11.3. The highest BCUT2D eigenvalue weighted by atomic mass is 16.1.